The van der Waals surface area contributed by atoms with Gasteiger partial charge in [0.15, 0.2) is 0 Å². The molecular formula is C13H24N4O3S. The smallest absolute Gasteiger partial charge is 0.246 e. The summed E-state index contributed by atoms with van der Waals surface area (Å²) in [4.78, 5) is 2.11. The Bertz CT molecular complexity index is 611. The Morgan fingerprint density at radius 2 is 2.14 bits per heavy atom. The van der Waals surface area contributed by atoms with Crippen LogP contribution in [-0.2, 0) is 16.6 Å². The molecule has 0 spiro atoms. The molecule has 0 aliphatic carbocycles. The van der Waals surface area contributed by atoms with Crippen molar-refractivity contribution in [3.63, 3.8) is 0 Å². The van der Waals surface area contributed by atoms with Crippen LogP contribution in [0.25, 0.3) is 0 Å². The zero-order chi connectivity index (χ0) is 15.8. The predicted molar refractivity (Wildman–Crippen MR) is 79.5 cm³/mol. The monoisotopic (exact) mass is 316 g/mol. The van der Waals surface area contributed by atoms with Crippen LogP contribution >= 0.6 is 0 Å². The standard InChI is InChI=1S/C13H24N4O3S/c1-5-17-11(2)12(8-14-17)21(19,20)16-7-6-13(18,10-16)9-15(3)4/h8,18H,5-7,9-10H2,1-4H3. The molecule has 0 amide bonds. The first kappa shape index (κ1) is 16.4. The molecule has 1 unspecified atom stereocenters. The molecule has 1 aromatic rings. The van der Waals surface area contributed by atoms with Crippen LogP contribution in [-0.4, -0.2) is 71.8 Å². The quantitative estimate of drug-likeness (QED) is 0.820. The van der Waals surface area contributed by atoms with Gasteiger partial charge in [0.2, 0.25) is 10.0 Å². The van der Waals surface area contributed by atoms with Crippen LogP contribution in [0.15, 0.2) is 11.1 Å². The molecule has 0 saturated carbocycles. The topological polar surface area (TPSA) is 78.7 Å². The first-order valence-electron chi connectivity index (χ1n) is 7.09. The minimum absolute atomic E-state index is 0.129. The Labute approximate surface area is 126 Å². The maximum Gasteiger partial charge on any atom is 0.246 e. The number of likely N-dealkylation sites (N-methyl/N-ethyl adjacent to an activating group) is 1. The van der Waals surface area contributed by atoms with Gasteiger partial charge in [0.1, 0.15) is 4.90 Å². The van der Waals surface area contributed by atoms with E-state index >= 15 is 0 Å². The lowest BCUT2D eigenvalue weighted by atomic mass is 10.0. The Kier molecular flexibility index (Phi) is 4.44. The normalized spacial score (nSPS) is 24.1. The van der Waals surface area contributed by atoms with E-state index in [2.05, 4.69) is 5.10 Å². The van der Waals surface area contributed by atoms with E-state index in [1.807, 2.05) is 25.9 Å². The summed E-state index contributed by atoms with van der Waals surface area (Å²) in [6.45, 7) is 5.22. The van der Waals surface area contributed by atoms with Crippen LogP contribution in [0.4, 0.5) is 0 Å². The lowest BCUT2D eigenvalue weighted by molar-refractivity contribution is 0.0302. The van der Waals surface area contributed by atoms with Crippen LogP contribution in [0.2, 0.25) is 0 Å². The van der Waals surface area contributed by atoms with E-state index in [4.69, 9.17) is 0 Å². The summed E-state index contributed by atoms with van der Waals surface area (Å²) >= 11 is 0. The molecule has 0 aromatic carbocycles. The van der Waals surface area contributed by atoms with Gasteiger partial charge in [-0.1, -0.05) is 0 Å². The molecule has 2 rings (SSSR count). The summed E-state index contributed by atoms with van der Waals surface area (Å²) in [5, 5.41) is 14.6. The van der Waals surface area contributed by atoms with Crippen molar-refractivity contribution in [2.24, 2.45) is 0 Å². The molecule has 1 aliphatic heterocycles. The van der Waals surface area contributed by atoms with E-state index in [1.165, 1.54) is 10.5 Å². The van der Waals surface area contributed by atoms with Crippen molar-refractivity contribution in [1.29, 1.82) is 0 Å². The van der Waals surface area contributed by atoms with Gasteiger partial charge in [0.05, 0.1) is 17.5 Å². The molecule has 1 fully saturated rings. The van der Waals surface area contributed by atoms with E-state index in [-0.39, 0.29) is 11.4 Å². The molecule has 0 radical (unpaired) electrons. The molecule has 2 heterocycles. The average Bonchev–Trinajstić information content (AvgIpc) is 2.92. The highest BCUT2D eigenvalue weighted by atomic mass is 32.2. The fraction of sp³-hybridized carbons (Fsp3) is 0.769. The van der Waals surface area contributed by atoms with Crippen molar-refractivity contribution >= 4 is 10.0 Å². The van der Waals surface area contributed by atoms with Gasteiger partial charge in [-0.05, 0) is 34.4 Å². The second-order valence-electron chi connectivity index (χ2n) is 5.96. The summed E-state index contributed by atoms with van der Waals surface area (Å²) in [5.74, 6) is 0. The van der Waals surface area contributed by atoms with Gasteiger partial charge in [-0.25, -0.2) is 8.42 Å². The van der Waals surface area contributed by atoms with Gasteiger partial charge in [-0.3, -0.25) is 4.68 Å². The fourth-order valence-corrected chi connectivity index (χ4v) is 4.56. The number of aryl methyl sites for hydroxylation is 1. The zero-order valence-corrected chi connectivity index (χ0v) is 13.9. The van der Waals surface area contributed by atoms with Crippen molar-refractivity contribution in [1.82, 2.24) is 19.0 Å². The van der Waals surface area contributed by atoms with E-state index in [0.29, 0.717) is 31.7 Å². The van der Waals surface area contributed by atoms with Gasteiger partial charge in [-0.15, -0.1) is 0 Å². The number of hydrogen-bond donors (Lipinski definition) is 1. The summed E-state index contributed by atoms with van der Waals surface area (Å²) < 4.78 is 28.4. The van der Waals surface area contributed by atoms with Crippen LogP contribution < -0.4 is 0 Å². The van der Waals surface area contributed by atoms with Crippen LogP contribution in [0.5, 0.6) is 0 Å². The third-order valence-corrected chi connectivity index (χ3v) is 5.83. The minimum Gasteiger partial charge on any atom is -0.387 e. The maximum atomic E-state index is 12.7. The van der Waals surface area contributed by atoms with E-state index < -0.39 is 15.6 Å². The molecule has 1 atom stereocenters. The number of aromatic nitrogens is 2. The largest absolute Gasteiger partial charge is 0.387 e. The lowest BCUT2D eigenvalue weighted by Crippen LogP contribution is -2.43. The molecule has 1 saturated heterocycles. The van der Waals surface area contributed by atoms with E-state index in [9.17, 15) is 13.5 Å². The molecule has 1 N–H and O–H groups in total. The van der Waals surface area contributed by atoms with Gasteiger partial charge in [0, 0.05) is 26.2 Å². The van der Waals surface area contributed by atoms with Crippen molar-refractivity contribution in [3.8, 4) is 0 Å². The highest BCUT2D eigenvalue weighted by Gasteiger charge is 2.42. The van der Waals surface area contributed by atoms with Gasteiger partial charge >= 0.3 is 0 Å². The highest BCUT2D eigenvalue weighted by Crippen LogP contribution is 2.28. The van der Waals surface area contributed by atoms with Crippen molar-refractivity contribution in [2.75, 3.05) is 33.7 Å². The summed E-state index contributed by atoms with van der Waals surface area (Å²) in [6, 6.07) is 0. The van der Waals surface area contributed by atoms with Gasteiger partial charge < -0.3 is 10.0 Å². The SMILES string of the molecule is CCn1ncc(S(=O)(=O)N2CCC(O)(CN(C)C)C2)c1C. The molecule has 1 aliphatic rings. The van der Waals surface area contributed by atoms with Crippen molar-refractivity contribution < 1.29 is 13.5 Å². The van der Waals surface area contributed by atoms with Crippen LogP contribution in [0, 0.1) is 6.92 Å². The van der Waals surface area contributed by atoms with Crippen molar-refractivity contribution in [3.05, 3.63) is 11.9 Å². The van der Waals surface area contributed by atoms with E-state index in [0.717, 1.165) is 0 Å². The third-order valence-electron chi connectivity index (χ3n) is 3.88. The number of nitrogens with zero attached hydrogens (tertiary/aromatic N) is 4. The van der Waals surface area contributed by atoms with Crippen molar-refractivity contribution in [2.45, 2.75) is 37.3 Å². The number of β-amino-alcohol motifs (C(OH)–C–C–N with tert-alkyl or cyclic N) is 1. The van der Waals surface area contributed by atoms with Gasteiger partial charge in [0.25, 0.3) is 0 Å². The molecule has 21 heavy (non-hydrogen) atoms. The number of rotatable bonds is 5. The molecule has 1 aromatic heterocycles. The Hall–Kier alpha value is -0.960. The van der Waals surface area contributed by atoms with Crippen LogP contribution in [0.1, 0.15) is 19.0 Å². The number of hydrogen-bond acceptors (Lipinski definition) is 5. The predicted octanol–water partition coefficient (Wildman–Crippen LogP) is -0.101. The molecule has 0 bridgehead atoms. The second kappa shape index (κ2) is 5.68. The number of aliphatic hydroxyl groups is 1. The highest BCUT2D eigenvalue weighted by molar-refractivity contribution is 7.89. The molecule has 8 heteroatoms. The summed E-state index contributed by atoms with van der Waals surface area (Å²) in [5.41, 5.74) is -0.342. The summed E-state index contributed by atoms with van der Waals surface area (Å²) in [7, 11) is 0.137. The first-order chi connectivity index (χ1) is 9.69. The Morgan fingerprint density at radius 1 is 1.48 bits per heavy atom. The Balaban J connectivity index is 2.24. The van der Waals surface area contributed by atoms with Gasteiger partial charge in [-0.2, -0.15) is 9.40 Å². The number of sulfonamides is 1. The molecule has 120 valence electrons. The molecule has 7 nitrogen and oxygen atoms in total. The lowest BCUT2D eigenvalue weighted by Gasteiger charge is -2.26. The Morgan fingerprint density at radius 3 is 2.67 bits per heavy atom. The maximum absolute atomic E-state index is 12.7. The first-order valence-corrected chi connectivity index (χ1v) is 8.53. The average molecular weight is 316 g/mol. The molecular weight excluding hydrogens is 292 g/mol. The fourth-order valence-electron chi connectivity index (χ4n) is 2.88. The van der Waals surface area contributed by atoms with E-state index in [1.54, 1.807) is 11.6 Å². The third kappa shape index (κ3) is 3.13. The second-order valence-corrected chi connectivity index (χ2v) is 7.87. The minimum atomic E-state index is -3.59. The summed E-state index contributed by atoms with van der Waals surface area (Å²) in [6.07, 6.45) is 1.85. The zero-order valence-electron chi connectivity index (χ0n) is 13.1. The van der Waals surface area contributed by atoms with Crippen LogP contribution in [0.3, 0.4) is 0 Å².